The van der Waals surface area contributed by atoms with E-state index in [1.165, 1.54) is 0 Å². The van der Waals surface area contributed by atoms with Gasteiger partial charge in [-0.1, -0.05) is 12.8 Å². The summed E-state index contributed by atoms with van der Waals surface area (Å²) in [6, 6.07) is -0.455. The number of esters is 1. The second kappa shape index (κ2) is 6.01. The molecule has 0 aliphatic heterocycles. The van der Waals surface area contributed by atoms with Crippen molar-refractivity contribution in [2.24, 2.45) is 5.41 Å². The molecule has 21 heavy (non-hydrogen) atoms. The molecule has 8 heteroatoms. The highest BCUT2D eigenvalue weighted by Crippen LogP contribution is 2.64. The summed E-state index contributed by atoms with van der Waals surface area (Å²) in [5, 5.41) is 4.82. The van der Waals surface area contributed by atoms with Crippen molar-refractivity contribution in [2.75, 3.05) is 6.61 Å². The van der Waals surface area contributed by atoms with Gasteiger partial charge in [-0.25, -0.2) is 4.79 Å². The molecule has 2 rings (SSSR count). The fourth-order valence-corrected chi connectivity index (χ4v) is 3.05. The van der Waals surface area contributed by atoms with E-state index in [0.29, 0.717) is 0 Å². The highest BCUT2D eigenvalue weighted by molar-refractivity contribution is 6.53. The lowest BCUT2D eigenvalue weighted by Gasteiger charge is -2.13. The quantitative estimate of drug-likeness (QED) is 0.606. The molecule has 0 radical (unpaired) electrons. The molecule has 3 amide bonds. The second-order valence-electron chi connectivity index (χ2n) is 5.79. The van der Waals surface area contributed by atoms with Crippen molar-refractivity contribution in [1.29, 1.82) is 0 Å². The standard InChI is InChI=1S/C13H18Cl2N2O4/c1-12(7-13(12,14)15)10(19)21-6-9(18)17-11(20)16-8-4-2-3-5-8/h8H,2-7H2,1H3,(H2,16,17,18,20)/t12-/m0/s1. The van der Waals surface area contributed by atoms with Gasteiger partial charge in [-0.05, 0) is 19.8 Å². The number of alkyl halides is 2. The summed E-state index contributed by atoms with van der Waals surface area (Å²) in [6.07, 6.45) is 4.28. The number of rotatable bonds is 4. The summed E-state index contributed by atoms with van der Waals surface area (Å²) in [5.41, 5.74) is -0.984. The monoisotopic (exact) mass is 336 g/mol. The van der Waals surface area contributed by atoms with E-state index >= 15 is 0 Å². The van der Waals surface area contributed by atoms with E-state index in [0.717, 1.165) is 25.7 Å². The molecule has 0 unspecified atom stereocenters. The van der Waals surface area contributed by atoms with Crippen LogP contribution in [0.25, 0.3) is 0 Å². The Kier molecular flexibility index (Phi) is 4.68. The van der Waals surface area contributed by atoms with Crippen LogP contribution in [0.1, 0.15) is 39.0 Å². The summed E-state index contributed by atoms with van der Waals surface area (Å²) < 4.78 is 3.70. The van der Waals surface area contributed by atoms with Crippen LogP contribution in [-0.4, -0.2) is 34.9 Å². The molecular formula is C13H18Cl2N2O4. The van der Waals surface area contributed by atoms with Crippen LogP contribution >= 0.6 is 23.2 Å². The maximum atomic E-state index is 11.7. The number of halogens is 2. The lowest BCUT2D eigenvalue weighted by molar-refractivity contribution is -0.153. The number of hydrogen-bond acceptors (Lipinski definition) is 4. The number of amides is 3. The summed E-state index contributed by atoms with van der Waals surface area (Å²) in [6.45, 7) is 1.04. The fraction of sp³-hybridized carbons (Fsp3) is 0.769. The topological polar surface area (TPSA) is 84.5 Å². The van der Waals surface area contributed by atoms with Gasteiger partial charge in [0.2, 0.25) is 0 Å². The summed E-state index contributed by atoms with van der Waals surface area (Å²) in [5.74, 6) is -1.32. The van der Waals surface area contributed by atoms with E-state index in [-0.39, 0.29) is 12.5 Å². The van der Waals surface area contributed by atoms with E-state index < -0.39 is 34.3 Å². The van der Waals surface area contributed by atoms with Gasteiger partial charge in [-0.3, -0.25) is 14.9 Å². The number of carbonyl (C=O) groups excluding carboxylic acids is 3. The SMILES string of the molecule is C[C@@]1(C(=O)OCC(=O)NC(=O)NC2CCCC2)CC1(Cl)Cl. The normalized spacial score (nSPS) is 27.0. The van der Waals surface area contributed by atoms with Crippen molar-refractivity contribution in [3.63, 3.8) is 0 Å². The third-order valence-corrected chi connectivity index (χ3v) is 5.09. The average molecular weight is 337 g/mol. The van der Waals surface area contributed by atoms with Gasteiger partial charge in [-0.2, -0.15) is 0 Å². The Morgan fingerprint density at radius 1 is 1.24 bits per heavy atom. The number of nitrogens with one attached hydrogen (secondary N) is 2. The molecule has 0 bridgehead atoms. The highest BCUT2D eigenvalue weighted by Gasteiger charge is 2.69. The minimum absolute atomic E-state index is 0.110. The Balaban J connectivity index is 1.68. The molecule has 0 spiro atoms. The average Bonchev–Trinajstić information content (AvgIpc) is 2.78. The number of hydrogen-bond donors (Lipinski definition) is 2. The van der Waals surface area contributed by atoms with Gasteiger partial charge in [0.15, 0.2) is 6.61 Å². The van der Waals surface area contributed by atoms with Crippen LogP contribution < -0.4 is 10.6 Å². The smallest absolute Gasteiger partial charge is 0.321 e. The van der Waals surface area contributed by atoms with Gasteiger partial charge in [0.25, 0.3) is 5.91 Å². The van der Waals surface area contributed by atoms with Gasteiger partial charge in [-0.15, -0.1) is 23.2 Å². The van der Waals surface area contributed by atoms with E-state index in [1.54, 1.807) is 6.92 Å². The third-order valence-electron chi connectivity index (χ3n) is 3.99. The minimum atomic E-state index is -1.14. The Bertz CT molecular complexity index is 463. The second-order valence-corrected chi connectivity index (χ2v) is 7.28. The van der Waals surface area contributed by atoms with Gasteiger partial charge < -0.3 is 10.1 Å². The van der Waals surface area contributed by atoms with Gasteiger partial charge in [0, 0.05) is 12.5 Å². The van der Waals surface area contributed by atoms with Gasteiger partial charge in [0.05, 0.1) is 0 Å². The van der Waals surface area contributed by atoms with Crippen molar-refractivity contribution in [2.45, 2.75) is 49.4 Å². The highest BCUT2D eigenvalue weighted by atomic mass is 35.5. The van der Waals surface area contributed by atoms with Gasteiger partial charge in [0.1, 0.15) is 9.75 Å². The Morgan fingerprint density at radius 2 is 1.81 bits per heavy atom. The van der Waals surface area contributed by atoms with Crippen LogP contribution in [0.3, 0.4) is 0 Å². The molecule has 6 nitrogen and oxygen atoms in total. The zero-order valence-corrected chi connectivity index (χ0v) is 13.2. The van der Waals surface area contributed by atoms with Crippen molar-refractivity contribution >= 4 is 41.1 Å². The summed E-state index contributed by atoms with van der Waals surface area (Å²) >= 11 is 11.7. The molecule has 0 aromatic carbocycles. The van der Waals surface area contributed by atoms with Gasteiger partial charge >= 0.3 is 12.0 Å². The number of ether oxygens (including phenoxy) is 1. The lowest BCUT2D eigenvalue weighted by Crippen LogP contribution is -2.45. The maximum Gasteiger partial charge on any atom is 0.321 e. The van der Waals surface area contributed by atoms with Crippen molar-refractivity contribution in [3.05, 3.63) is 0 Å². The van der Waals surface area contributed by atoms with E-state index in [4.69, 9.17) is 27.9 Å². The van der Waals surface area contributed by atoms with E-state index in [1.807, 2.05) is 0 Å². The maximum absolute atomic E-state index is 11.7. The molecule has 0 saturated heterocycles. The van der Waals surface area contributed by atoms with Crippen LogP contribution in [0.4, 0.5) is 4.79 Å². The molecule has 118 valence electrons. The fourth-order valence-electron chi connectivity index (χ4n) is 2.37. The van der Waals surface area contributed by atoms with E-state index in [2.05, 4.69) is 10.6 Å². The molecule has 0 aromatic rings. The predicted octanol–water partition coefficient (Wildman–Crippen LogP) is 1.88. The van der Waals surface area contributed by atoms with Crippen LogP contribution in [0.2, 0.25) is 0 Å². The molecule has 0 aromatic heterocycles. The summed E-state index contributed by atoms with van der Waals surface area (Å²) in [7, 11) is 0. The molecular weight excluding hydrogens is 319 g/mol. The molecule has 2 fully saturated rings. The Hall–Kier alpha value is -1.01. The predicted molar refractivity (Wildman–Crippen MR) is 77.1 cm³/mol. The first kappa shape index (κ1) is 16.4. The van der Waals surface area contributed by atoms with Crippen molar-refractivity contribution < 1.29 is 19.1 Å². The zero-order valence-electron chi connectivity index (χ0n) is 11.7. The van der Waals surface area contributed by atoms with Crippen molar-refractivity contribution in [1.82, 2.24) is 10.6 Å². The first-order valence-corrected chi connectivity index (χ1v) is 7.65. The largest absolute Gasteiger partial charge is 0.455 e. The van der Waals surface area contributed by atoms with E-state index in [9.17, 15) is 14.4 Å². The third kappa shape index (κ3) is 3.80. The lowest BCUT2D eigenvalue weighted by atomic mass is 10.1. The van der Waals surface area contributed by atoms with Crippen molar-refractivity contribution in [3.8, 4) is 0 Å². The Morgan fingerprint density at radius 3 is 2.33 bits per heavy atom. The first-order chi connectivity index (χ1) is 9.74. The zero-order chi connectivity index (χ0) is 15.7. The molecule has 1 atom stereocenters. The minimum Gasteiger partial charge on any atom is -0.455 e. The molecule has 2 saturated carbocycles. The van der Waals surface area contributed by atoms with Crippen LogP contribution in [0.5, 0.6) is 0 Å². The number of imide groups is 1. The number of urea groups is 1. The molecule has 2 aliphatic rings. The summed E-state index contributed by atoms with van der Waals surface area (Å²) in [4.78, 5) is 34.8. The number of carbonyl (C=O) groups is 3. The Labute approximate surface area is 132 Å². The van der Waals surface area contributed by atoms with Crippen LogP contribution in [0, 0.1) is 5.41 Å². The van der Waals surface area contributed by atoms with Crippen LogP contribution in [-0.2, 0) is 14.3 Å². The first-order valence-electron chi connectivity index (χ1n) is 6.90. The molecule has 2 aliphatic carbocycles. The van der Waals surface area contributed by atoms with Crippen LogP contribution in [0.15, 0.2) is 0 Å². The molecule has 0 heterocycles. The molecule has 2 N–H and O–H groups in total.